The first kappa shape index (κ1) is 18.9. The Labute approximate surface area is 158 Å². The van der Waals surface area contributed by atoms with E-state index in [2.05, 4.69) is 0 Å². The quantitative estimate of drug-likeness (QED) is 0.837. The number of hydrogen-bond donors (Lipinski definition) is 1. The van der Waals surface area contributed by atoms with Crippen molar-refractivity contribution in [2.75, 3.05) is 13.7 Å². The molecule has 1 N–H and O–H groups in total. The summed E-state index contributed by atoms with van der Waals surface area (Å²) in [6.45, 7) is 0.616. The Balaban J connectivity index is 1.72. The number of rotatable bonds is 4. The number of benzene rings is 2. The Morgan fingerprint density at radius 2 is 1.81 bits per heavy atom. The topological polar surface area (TPSA) is 76.1 Å². The van der Waals surface area contributed by atoms with Gasteiger partial charge in [-0.2, -0.15) is 0 Å². The fourth-order valence-electron chi connectivity index (χ4n) is 3.24. The number of methoxy groups -OCH3 is 1. The molecular weight excluding hydrogens is 346 g/mol. The van der Waals surface area contributed by atoms with Crippen molar-refractivity contribution in [2.45, 2.75) is 31.6 Å². The molecular formula is C21H23NO5. The van der Waals surface area contributed by atoms with Crippen molar-refractivity contribution >= 4 is 12.1 Å². The van der Waals surface area contributed by atoms with Gasteiger partial charge in [0.25, 0.3) is 0 Å². The largest absolute Gasteiger partial charge is 0.465 e. The molecule has 1 saturated heterocycles. The molecule has 0 bridgehead atoms. The molecule has 1 heterocycles. The average Bonchev–Trinajstić information content (AvgIpc) is 2.72. The minimum Gasteiger partial charge on any atom is -0.465 e. The maximum Gasteiger partial charge on any atom is 0.410 e. The molecule has 3 rings (SSSR count). The summed E-state index contributed by atoms with van der Waals surface area (Å²) >= 11 is 0. The van der Waals surface area contributed by atoms with Crippen LogP contribution >= 0.6 is 0 Å². The van der Waals surface area contributed by atoms with E-state index < -0.39 is 18.2 Å². The van der Waals surface area contributed by atoms with Crippen LogP contribution in [0.4, 0.5) is 4.79 Å². The first-order chi connectivity index (χ1) is 13.1. The monoisotopic (exact) mass is 369 g/mol. The fraction of sp³-hybridized carbons (Fsp3) is 0.333. The van der Waals surface area contributed by atoms with Crippen LogP contribution in [0.1, 0.15) is 40.4 Å². The average molecular weight is 369 g/mol. The maximum atomic E-state index is 12.6. The smallest absolute Gasteiger partial charge is 0.410 e. The van der Waals surface area contributed by atoms with E-state index in [1.807, 2.05) is 30.3 Å². The third-order valence-corrected chi connectivity index (χ3v) is 4.73. The van der Waals surface area contributed by atoms with Crippen LogP contribution in [0.2, 0.25) is 0 Å². The van der Waals surface area contributed by atoms with Crippen molar-refractivity contribution in [1.82, 2.24) is 4.90 Å². The lowest BCUT2D eigenvalue weighted by molar-refractivity contribution is 0.0259. The Kier molecular flexibility index (Phi) is 6.08. The summed E-state index contributed by atoms with van der Waals surface area (Å²) in [5.74, 6) is -0.413. The van der Waals surface area contributed by atoms with Gasteiger partial charge in [-0.15, -0.1) is 0 Å². The lowest BCUT2D eigenvalue weighted by Crippen LogP contribution is -2.42. The number of aliphatic hydroxyl groups is 1. The van der Waals surface area contributed by atoms with E-state index in [-0.39, 0.29) is 12.6 Å². The Morgan fingerprint density at radius 3 is 2.48 bits per heavy atom. The van der Waals surface area contributed by atoms with Crippen LogP contribution in [-0.2, 0) is 16.1 Å². The van der Waals surface area contributed by atoms with E-state index in [0.29, 0.717) is 24.9 Å². The molecule has 1 aliphatic heterocycles. The van der Waals surface area contributed by atoms with E-state index in [9.17, 15) is 14.7 Å². The van der Waals surface area contributed by atoms with Gasteiger partial charge < -0.3 is 19.5 Å². The highest BCUT2D eigenvalue weighted by Gasteiger charge is 2.33. The first-order valence-corrected chi connectivity index (χ1v) is 8.92. The molecule has 2 atom stereocenters. The number of carbonyl (C=O) groups is 2. The van der Waals surface area contributed by atoms with E-state index in [1.54, 1.807) is 29.2 Å². The summed E-state index contributed by atoms with van der Waals surface area (Å²) in [6, 6.07) is 16.1. The predicted molar refractivity (Wildman–Crippen MR) is 99.1 cm³/mol. The van der Waals surface area contributed by atoms with Crippen LogP contribution in [0.3, 0.4) is 0 Å². The molecule has 6 heteroatoms. The molecule has 0 unspecified atom stereocenters. The standard InChI is InChI=1S/C21H23NO5/c1-26-20(24)17-9-7-16(8-10-17)19-13-18(23)11-12-22(19)21(25)27-14-15-5-3-2-4-6-15/h2-10,18-19,23H,11-14H2,1H3/t18-,19+/m1/s1. The third-order valence-electron chi connectivity index (χ3n) is 4.73. The zero-order valence-electron chi connectivity index (χ0n) is 15.2. The lowest BCUT2D eigenvalue weighted by atomic mass is 9.93. The molecule has 1 fully saturated rings. The minimum absolute atomic E-state index is 0.201. The predicted octanol–water partition coefficient (Wildman–Crippen LogP) is 3.31. The van der Waals surface area contributed by atoms with Crippen LogP contribution in [0, 0.1) is 0 Å². The zero-order valence-corrected chi connectivity index (χ0v) is 15.2. The second-order valence-electron chi connectivity index (χ2n) is 6.54. The van der Waals surface area contributed by atoms with Crippen molar-refractivity contribution in [1.29, 1.82) is 0 Å². The molecule has 0 spiro atoms. The van der Waals surface area contributed by atoms with Gasteiger partial charge in [0.05, 0.1) is 24.8 Å². The van der Waals surface area contributed by atoms with Crippen molar-refractivity contribution in [3.05, 3.63) is 71.3 Å². The Hall–Kier alpha value is -2.86. The van der Waals surface area contributed by atoms with Gasteiger partial charge in [0.15, 0.2) is 0 Å². The van der Waals surface area contributed by atoms with Crippen molar-refractivity contribution in [3.8, 4) is 0 Å². The van der Waals surface area contributed by atoms with Crippen molar-refractivity contribution in [3.63, 3.8) is 0 Å². The number of amides is 1. The summed E-state index contributed by atoms with van der Waals surface area (Å²) in [4.78, 5) is 25.9. The summed E-state index contributed by atoms with van der Waals surface area (Å²) in [6.07, 6.45) is 0.0519. The zero-order chi connectivity index (χ0) is 19.2. The molecule has 2 aromatic rings. The SMILES string of the molecule is COC(=O)c1ccc([C@@H]2C[C@H](O)CCN2C(=O)OCc2ccccc2)cc1. The molecule has 0 radical (unpaired) electrons. The highest BCUT2D eigenvalue weighted by atomic mass is 16.6. The van der Waals surface area contributed by atoms with Gasteiger partial charge in [-0.05, 0) is 36.1 Å². The van der Waals surface area contributed by atoms with Gasteiger partial charge in [-0.3, -0.25) is 0 Å². The van der Waals surface area contributed by atoms with Crippen LogP contribution in [0.15, 0.2) is 54.6 Å². The third kappa shape index (κ3) is 4.65. The van der Waals surface area contributed by atoms with Crippen molar-refractivity contribution < 1.29 is 24.2 Å². The number of esters is 1. The fourth-order valence-corrected chi connectivity index (χ4v) is 3.24. The van der Waals surface area contributed by atoms with Crippen LogP contribution < -0.4 is 0 Å². The molecule has 0 aromatic heterocycles. The summed E-state index contributed by atoms with van der Waals surface area (Å²) < 4.78 is 10.2. The molecule has 1 aliphatic rings. The molecule has 2 aromatic carbocycles. The molecule has 0 saturated carbocycles. The van der Waals surface area contributed by atoms with Gasteiger partial charge in [-0.1, -0.05) is 42.5 Å². The molecule has 27 heavy (non-hydrogen) atoms. The number of carbonyl (C=O) groups excluding carboxylic acids is 2. The van der Waals surface area contributed by atoms with Crippen LogP contribution in [0.5, 0.6) is 0 Å². The summed E-state index contributed by atoms with van der Waals surface area (Å²) in [5, 5.41) is 10.1. The number of likely N-dealkylation sites (tertiary alicyclic amines) is 1. The Bertz CT molecular complexity index is 775. The number of nitrogens with zero attached hydrogens (tertiary/aromatic N) is 1. The number of hydrogen-bond acceptors (Lipinski definition) is 5. The van der Waals surface area contributed by atoms with Crippen LogP contribution in [-0.4, -0.2) is 41.8 Å². The molecule has 142 valence electrons. The molecule has 1 amide bonds. The summed E-state index contributed by atoms with van der Waals surface area (Å²) in [5.41, 5.74) is 2.20. The summed E-state index contributed by atoms with van der Waals surface area (Å²) in [7, 11) is 1.33. The first-order valence-electron chi connectivity index (χ1n) is 8.92. The number of piperidine rings is 1. The normalized spacial score (nSPS) is 19.4. The second-order valence-corrected chi connectivity index (χ2v) is 6.54. The molecule has 0 aliphatic carbocycles. The lowest BCUT2D eigenvalue weighted by Gasteiger charge is -2.37. The van der Waals surface area contributed by atoms with E-state index in [4.69, 9.17) is 9.47 Å². The van der Waals surface area contributed by atoms with Gasteiger partial charge in [0, 0.05) is 6.54 Å². The van der Waals surface area contributed by atoms with Gasteiger partial charge >= 0.3 is 12.1 Å². The second kappa shape index (κ2) is 8.68. The van der Waals surface area contributed by atoms with Gasteiger partial charge in [-0.25, -0.2) is 9.59 Å². The van der Waals surface area contributed by atoms with E-state index >= 15 is 0 Å². The van der Waals surface area contributed by atoms with Crippen molar-refractivity contribution in [2.24, 2.45) is 0 Å². The highest BCUT2D eigenvalue weighted by molar-refractivity contribution is 5.89. The minimum atomic E-state index is -0.478. The van der Waals surface area contributed by atoms with Gasteiger partial charge in [0.1, 0.15) is 6.61 Å². The van der Waals surface area contributed by atoms with Crippen LogP contribution in [0.25, 0.3) is 0 Å². The van der Waals surface area contributed by atoms with Gasteiger partial charge in [0.2, 0.25) is 0 Å². The number of aliphatic hydroxyl groups excluding tert-OH is 1. The molecule has 6 nitrogen and oxygen atoms in total. The van der Waals surface area contributed by atoms with E-state index in [0.717, 1.165) is 11.1 Å². The highest BCUT2D eigenvalue weighted by Crippen LogP contribution is 2.32. The maximum absolute atomic E-state index is 12.6. The van der Waals surface area contributed by atoms with E-state index in [1.165, 1.54) is 7.11 Å². The Morgan fingerprint density at radius 1 is 1.11 bits per heavy atom. The number of ether oxygens (including phenoxy) is 2.